The van der Waals surface area contributed by atoms with Gasteiger partial charge in [-0.15, -0.1) is 0 Å². The minimum Gasteiger partial charge on any atom is -0.444 e. The molecule has 1 aliphatic rings. The number of rotatable bonds is 10. The van der Waals surface area contributed by atoms with Crippen LogP contribution in [-0.2, 0) is 14.2 Å². The summed E-state index contributed by atoms with van der Waals surface area (Å²) in [6, 6.07) is 0.221. The van der Waals surface area contributed by atoms with Crippen molar-refractivity contribution < 1.29 is 19.0 Å². The van der Waals surface area contributed by atoms with E-state index in [-0.39, 0.29) is 18.4 Å². The van der Waals surface area contributed by atoms with Crippen molar-refractivity contribution in [1.29, 1.82) is 0 Å². The van der Waals surface area contributed by atoms with E-state index in [2.05, 4.69) is 5.32 Å². The number of piperidine rings is 1. The first-order valence-corrected chi connectivity index (χ1v) is 9.81. The van der Waals surface area contributed by atoms with Crippen LogP contribution in [0.3, 0.4) is 0 Å². The standard InChI is InChI=1S/C19H38N2O4/c1-6-23-17(24-7-2)12-10-13-20-15-16-11-8-9-14-21(16)18(22)25-19(3,4)5/h16-17,20H,6-15H2,1-5H3. The Balaban J connectivity index is 2.32. The van der Waals surface area contributed by atoms with E-state index in [4.69, 9.17) is 14.2 Å². The number of ether oxygens (including phenoxy) is 3. The molecule has 0 bridgehead atoms. The van der Waals surface area contributed by atoms with Crippen LogP contribution in [-0.4, -0.2) is 61.8 Å². The number of hydrogen-bond donors (Lipinski definition) is 1. The van der Waals surface area contributed by atoms with Crippen molar-refractivity contribution in [3.8, 4) is 0 Å². The number of carbonyl (C=O) groups excluding carboxylic acids is 1. The van der Waals surface area contributed by atoms with Crippen LogP contribution in [0.25, 0.3) is 0 Å². The van der Waals surface area contributed by atoms with Crippen LogP contribution in [0.1, 0.15) is 66.7 Å². The van der Waals surface area contributed by atoms with Crippen LogP contribution in [0.5, 0.6) is 0 Å². The summed E-state index contributed by atoms with van der Waals surface area (Å²) >= 11 is 0. The zero-order valence-electron chi connectivity index (χ0n) is 16.8. The van der Waals surface area contributed by atoms with Gasteiger partial charge in [0.05, 0.1) is 0 Å². The molecule has 25 heavy (non-hydrogen) atoms. The summed E-state index contributed by atoms with van der Waals surface area (Å²) in [5, 5.41) is 3.48. The van der Waals surface area contributed by atoms with E-state index in [0.717, 1.165) is 45.3 Å². The summed E-state index contributed by atoms with van der Waals surface area (Å²) in [7, 11) is 0. The van der Waals surface area contributed by atoms with E-state index in [1.807, 2.05) is 39.5 Å². The highest BCUT2D eigenvalue weighted by atomic mass is 16.7. The zero-order valence-corrected chi connectivity index (χ0v) is 16.8. The first-order valence-electron chi connectivity index (χ1n) is 9.81. The summed E-state index contributed by atoms with van der Waals surface area (Å²) in [6.07, 6.45) is 4.84. The summed E-state index contributed by atoms with van der Waals surface area (Å²) < 4.78 is 16.7. The number of likely N-dealkylation sites (tertiary alicyclic amines) is 1. The zero-order chi connectivity index (χ0) is 18.7. The molecule has 0 saturated carbocycles. The molecule has 6 nitrogen and oxygen atoms in total. The summed E-state index contributed by atoms with van der Waals surface area (Å²) in [5.41, 5.74) is -0.444. The van der Waals surface area contributed by atoms with E-state index in [0.29, 0.717) is 13.2 Å². The lowest BCUT2D eigenvalue weighted by Gasteiger charge is -2.37. The van der Waals surface area contributed by atoms with Gasteiger partial charge in [0.15, 0.2) is 6.29 Å². The average Bonchev–Trinajstić information content (AvgIpc) is 2.53. The number of nitrogens with one attached hydrogen (secondary N) is 1. The quantitative estimate of drug-likeness (QED) is 0.478. The molecular formula is C19H38N2O4. The maximum Gasteiger partial charge on any atom is 0.410 e. The Morgan fingerprint density at radius 2 is 1.88 bits per heavy atom. The molecule has 0 radical (unpaired) electrons. The van der Waals surface area contributed by atoms with Gasteiger partial charge in [-0.2, -0.15) is 0 Å². The van der Waals surface area contributed by atoms with E-state index in [1.165, 1.54) is 6.42 Å². The molecule has 0 spiro atoms. The van der Waals surface area contributed by atoms with Crippen molar-refractivity contribution in [2.45, 2.75) is 84.7 Å². The van der Waals surface area contributed by atoms with E-state index < -0.39 is 5.60 Å². The van der Waals surface area contributed by atoms with Crippen molar-refractivity contribution in [3.05, 3.63) is 0 Å². The summed E-state index contributed by atoms with van der Waals surface area (Å²) in [5.74, 6) is 0. The van der Waals surface area contributed by atoms with Crippen molar-refractivity contribution in [2.24, 2.45) is 0 Å². The SMILES string of the molecule is CCOC(CCCNCC1CCCCN1C(=O)OC(C)(C)C)OCC. The largest absolute Gasteiger partial charge is 0.444 e. The molecule has 1 aliphatic heterocycles. The molecule has 0 aromatic heterocycles. The lowest BCUT2D eigenvalue weighted by atomic mass is 10.0. The van der Waals surface area contributed by atoms with Crippen LogP contribution in [0.15, 0.2) is 0 Å². The topological polar surface area (TPSA) is 60.0 Å². The first kappa shape index (κ1) is 22.2. The molecule has 1 saturated heterocycles. The molecule has 0 aromatic rings. The maximum atomic E-state index is 12.4. The molecule has 6 heteroatoms. The van der Waals surface area contributed by atoms with Gasteiger partial charge in [-0.1, -0.05) is 0 Å². The summed E-state index contributed by atoms with van der Waals surface area (Å²) in [6.45, 7) is 13.5. The fourth-order valence-corrected chi connectivity index (χ4v) is 3.02. The van der Waals surface area contributed by atoms with Gasteiger partial charge in [0.25, 0.3) is 0 Å². The Kier molecular flexibility index (Phi) is 10.4. The van der Waals surface area contributed by atoms with Gasteiger partial charge in [0, 0.05) is 32.3 Å². The first-order chi connectivity index (χ1) is 11.9. The van der Waals surface area contributed by atoms with Crippen LogP contribution >= 0.6 is 0 Å². The van der Waals surface area contributed by atoms with Crippen molar-refractivity contribution in [1.82, 2.24) is 10.2 Å². The highest BCUT2D eigenvalue weighted by Crippen LogP contribution is 2.20. The molecule has 1 rings (SSSR count). The predicted octanol–water partition coefficient (Wildman–Crippen LogP) is 3.54. The molecule has 0 aromatic carbocycles. The van der Waals surface area contributed by atoms with E-state index in [9.17, 15) is 4.79 Å². The minimum atomic E-state index is -0.444. The lowest BCUT2D eigenvalue weighted by Crippen LogP contribution is -2.50. The molecule has 1 fully saturated rings. The second kappa shape index (κ2) is 11.7. The second-order valence-electron chi connectivity index (χ2n) is 7.51. The normalized spacial score (nSPS) is 18.6. The number of hydrogen-bond acceptors (Lipinski definition) is 5. The Morgan fingerprint density at radius 1 is 1.20 bits per heavy atom. The molecular weight excluding hydrogens is 320 g/mol. The molecule has 1 heterocycles. The Bertz CT molecular complexity index is 365. The third kappa shape index (κ3) is 9.42. The van der Waals surface area contributed by atoms with Crippen LogP contribution < -0.4 is 5.32 Å². The van der Waals surface area contributed by atoms with Crippen molar-refractivity contribution in [3.63, 3.8) is 0 Å². The second-order valence-corrected chi connectivity index (χ2v) is 7.51. The van der Waals surface area contributed by atoms with Crippen LogP contribution in [0.2, 0.25) is 0 Å². The highest BCUT2D eigenvalue weighted by molar-refractivity contribution is 5.68. The van der Waals surface area contributed by atoms with Crippen LogP contribution in [0.4, 0.5) is 4.79 Å². The van der Waals surface area contributed by atoms with Crippen molar-refractivity contribution >= 4 is 6.09 Å². The molecule has 1 atom stereocenters. The molecule has 1 unspecified atom stereocenters. The van der Waals surface area contributed by atoms with Crippen molar-refractivity contribution in [2.75, 3.05) is 32.8 Å². The molecule has 148 valence electrons. The van der Waals surface area contributed by atoms with Gasteiger partial charge < -0.3 is 24.4 Å². The lowest BCUT2D eigenvalue weighted by molar-refractivity contribution is -0.139. The monoisotopic (exact) mass is 358 g/mol. The molecule has 1 amide bonds. The molecule has 0 aliphatic carbocycles. The minimum absolute atomic E-state index is 0.107. The van der Waals surface area contributed by atoms with E-state index >= 15 is 0 Å². The van der Waals surface area contributed by atoms with Gasteiger partial charge >= 0.3 is 6.09 Å². The summed E-state index contributed by atoms with van der Waals surface area (Å²) in [4.78, 5) is 14.3. The van der Waals surface area contributed by atoms with Gasteiger partial charge in [-0.25, -0.2) is 4.79 Å². The number of amides is 1. The fourth-order valence-electron chi connectivity index (χ4n) is 3.02. The van der Waals surface area contributed by atoms with Gasteiger partial charge in [-0.3, -0.25) is 0 Å². The third-order valence-electron chi connectivity index (χ3n) is 4.13. The highest BCUT2D eigenvalue weighted by Gasteiger charge is 2.30. The third-order valence-corrected chi connectivity index (χ3v) is 4.13. The Hall–Kier alpha value is -0.850. The van der Waals surface area contributed by atoms with Gasteiger partial charge in [0.2, 0.25) is 0 Å². The fraction of sp³-hybridized carbons (Fsp3) is 0.947. The maximum absolute atomic E-state index is 12.4. The van der Waals surface area contributed by atoms with E-state index in [1.54, 1.807) is 0 Å². The average molecular weight is 359 g/mol. The predicted molar refractivity (Wildman–Crippen MR) is 99.7 cm³/mol. The smallest absolute Gasteiger partial charge is 0.410 e. The van der Waals surface area contributed by atoms with Gasteiger partial charge in [0.1, 0.15) is 5.60 Å². The van der Waals surface area contributed by atoms with Gasteiger partial charge in [-0.05, 0) is 73.3 Å². The number of carbonyl (C=O) groups is 1. The molecule has 1 N–H and O–H groups in total. The Morgan fingerprint density at radius 3 is 2.48 bits per heavy atom. The number of nitrogens with zero attached hydrogens (tertiary/aromatic N) is 1. The Labute approximate surface area is 153 Å². The van der Waals surface area contributed by atoms with Crippen LogP contribution in [0, 0.1) is 0 Å².